The van der Waals surface area contributed by atoms with Crippen molar-refractivity contribution < 1.29 is 4.74 Å². The van der Waals surface area contributed by atoms with E-state index in [9.17, 15) is 0 Å². The largest absolute Gasteiger partial charge is 0.383 e. The summed E-state index contributed by atoms with van der Waals surface area (Å²) < 4.78 is 5.23. The van der Waals surface area contributed by atoms with E-state index >= 15 is 0 Å². The number of hydrogen-bond acceptors (Lipinski definition) is 4. The molecule has 1 saturated carbocycles. The lowest BCUT2D eigenvalue weighted by molar-refractivity contribution is 0.117. The predicted octanol–water partition coefficient (Wildman–Crippen LogP) is 2.01. The van der Waals surface area contributed by atoms with Gasteiger partial charge in [0, 0.05) is 46.4 Å². The lowest BCUT2D eigenvalue weighted by Crippen LogP contribution is -2.37. The molecule has 2 heterocycles. The molecule has 0 spiro atoms. The topological polar surface area (TPSA) is 19.0 Å². The van der Waals surface area contributed by atoms with E-state index in [2.05, 4.69) is 21.7 Å². The Morgan fingerprint density at radius 2 is 1.78 bits per heavy atom. The molecule has 23 heavy (non-hydrogen) atoms. The molecule has 0 radical (unpaired) electrons. The number of methoxy groups -OCH3 is 1. The van der Waals surface area contributed by atoms with Gasteiger partial charge in [-0.1, -0.05) is 6.42 Å². The van der Waals surface area contributed by atoms with Crippen molar-refractivity contribution in [2.45, 2.75) is 32.1 Å². The maximum Gasteiger partial charge on any atom is 0.0589 e. The third kappa shape index (κ3) is 4.91. The summed E-state index contributed by atoms with van der Waals surface area (Å²) in [5.74, 6) is 2.84. The van der Waals surface area contributed by atoms with Gasteiger partial charge in [0.1, 0.15) is 0 Å². The molecule has 4 heteroatoms. The zero-order valence-electron chi connectivity index (χ0n) is 15.4. The van der Waals surface area contributed by atoms with Crippen LogP contribution >= 0.6 is 0 Å². The Morgan fingerprint density at radius 3 is 2.57 bits per heavy atom. The van der Waals surface area contributed by atoms with E-state index in [-0.39, 0.29) is 0 Å². The van der Waals surface area contributed by atoms with Gasteiger partial charge >= 0.3 is 0 Å². The van der Waals surface area contributed by atoms with Crippen molar-refractivity contribution in [3.8, 4) is 0 Å². The maximum atomic E-state index is 5.23. The average molecular weight is 324 g/mol. The zero-order chi connectivity index (χ0) is 16.1. The number of hydrogen-bond donors (Lipinski definition) is 0. The minimum Gasteiger partial charge on any atom is -0.383 e. The highest BCUT2D eigenvalue weighted by Crippen LogP contribution is 2.40. The van der Waals surface area contributed by atoms with Crippen molar-refractivity contribution in [2.24, 2.45) is 17.8 Å². The molecule has 0 aromatic carbocycles. The molecule has 3 rings (SSSR count). The normalized spacial score (nSPS) is 32.7. The van der Waals surface area contributed by atoms with Crippen LogP contribution in [0.15, 0.2) is 0 Å². The second-order valence-electron chi connectivity index (χ2n) is 8.18. The zero-order valence-corrected chi connectivity index (χ0v) is 15.4. The molecule has 0 bridgehead atoms. The van der Waals surface area contributed by atoms with E-state index in [1.54, 1.807) is 7.11 Å². The fourth-order valence-corrected chi connectivity index (χ4v) is 5.12. The first-order valence-corrected chi connectivity index (χ1v) is 9.88. The Bertz CT molecular complexity index is 346. The predicted molar refractivity (Wildman–Crippen MR) is 95.8 cm³/mol. The van der Waals surface area contributed by atoms with Gasteiger partial charge in [-0.05, 0) is 63.6 Å². The summed E-state index contributed by atoms with van der Waals surface area (Å²) in [6.07, 6.45) is 7.20. The van der Waals surface area contributed by atoms with Gasteiger partial charge in [0.25, 0.3) is 0 Å². The Labute approximate surface area is 143 Å². The number of ether oxygens (including phenoxy) is 1. The summed E-state index contributed by atoms with van der Waals surface area (Å²) in [5.41, 5.74) is 0. The highest BCUT2D eigenvalue weighted by Gasteiger charge is 2.40. The van der Waals surface area contributed by atoms with Gasteiger partial charge in [-0.3, -0.25) is 0 Å². The second-order valence-corrected chi connectivity index (χ2v) is 8.18. The Morgan fingerprint density at radius 1 is 1.00 bits per heavy atom. The summed E-state index contributed by atoms with van der Waals surface area (Å²) in [7, 11) is 4.07. The Hall–Kier alpha value is -0.160. The van der Waals surface area contributed by atoms with Crippen LogP contribution < -0.4 is 0 Å². The summed E-state index contributed by atoms with van der Waals surface area (Å²) >= 11 is 0. The first kappa shape index (κ1) is 17.7. The van der Waals surface area contributed by atoms with Gasteiger partial charge in [-0.15, -0.1) is 0 Å². The van der Waals surface area contributed by atoms with Crippen LogP contribution in [-0.2, 0) is 4.74 Å². The molecular formula is C19H37N3O. The molecule has 4 nitrogen and oxygen atoms in total. The summed E-state index contributed by atoms with van der Waals surface area (Å²) in [5, 5.41) is 0. The van der Waals surface area contributed by atoms with E-state index in [0.717, 1.165) is 30.9 Å². The SMILES string of the molecule is COCCN(C)C[C@@H]1CCC[C@@H]2CN(CCN3CCCC3)C[C@@H]21. The standard InChI is InChI=1S/C19H37N3O/c1-20(12-13-23-2)14-17-6-5-7-18-15-22(16-19(17)18)11-10-21-8-3-4-9-21/h17-19H,3-16H2,1-2H3/t17-,18+,19+/m0/s1. The molecule has 2 aliphatic heterocycles. The van der Waals surface area contributed by atoms with E-state index in [1.807, 2.05) is 0 Å². The van der Waals surface area contributed by atoms with Crippen molar-refractivity contribution in [1.82, 2.24) is 14.7 Å². The summed E-state index contributed by atoms with van der Waals surface area (Å²) in [4.78, 5) is 7.93. The van der Waals surface area contributed by atoms with Gasteiger partial charge in [-0.25, -0.2) is 0 Å². The Kier molecular flexibility index (Phi) is 6.75. The van der Waals surface area contributed by atoms with Crippen molar-refractivity contribution in [2.75, 3.05) is 73.1 Å². The minimum absolute atomic E-state index is 0.860. The smallest absolute Gasteiger partial charge is 0.0589 e. The number of likely N-dealkylation sites (N-methyl/N-ethyl adjacent to an activating group) is 1. The highest BCUT2D eigenvalue weighted by molar-refractivity contribution is 4.92. The van der Waals surface area contributed by atoms with Crippen LogP contribution in [0.1, 0.15) is 32.1 Å². The molecule has 1 aliphatic carbocycles. The molecule has 134 valence electrons. The second kappa shape index (κ2) is 8.80. The molecule has 2 saturated heterocycles. The average Bonchev–Trinajstić information content (AvgIpc) is 3.20. The molecule has 3 fully saturated rings. The van der Waals surface area contributed by atoms with Gasteiger partial charge in [0.05, 0.1) is 6.61 Å². The van der Waals surface area contributed by atoms with Crippen LogP contribution in [0, 0.1) is 17.8 Å². The molecular weight excluding hydrogens is 286 g/mol. The van der Waals surface area contributed by atoms with E-state index in [0.29, 0.717) is 0 Å². The Balaban J connectivity index is 1.44. The summed E-state index contributed by atoms with van der Waals surface area (Å²) in [6, 6.07) is 0. The quantitative estimate of drug-likeness (QED) is 0.680. The van der Waals surface area contributed by atoms with Crippen LogP contribution in [-0.4, -0.2) is 87.8 Å². The first-order chi connectivity index (χ1) is 11.3. The molecule has 0 aromatic heterocycles. The number of nitrogens with zero attached hydrogens (tertiary/aromatic N) is 3. The van der Waals surface area contributed by atoms with Crippen molar-refractivity contribution >= 4 is 0 Å². The molecule has 0 aromatic rings. The third-order valence-corrected chi connectivity index (χ3v) is 6.48. The molecule has 3 aliphatic rings. The highest BCUT2D eigenvalue weighted by atomic mass is 16.5. The van der Waals surface area contributed by atoms with Crippen molar-refractivity contribution in [1.29, 1.82) is 0 Å². The van der Waals surface area contributed by atoms with Crippen molar-refractivity contribution in [3.63, 3.8) is 0 Å². The maximum absolute atomic E-state index is 5.23. The van der Waals surface area contributed by atoms with Crippen LogP contribution in [0.5, 0.6) is 0 Å². The molecule has 0 amide bonds. The third-order valence-electron chi connectivity index (χ3n) is 6.48. The number of rotatable bonds is 8. The monoisotopic (exact) mass is 323 g/mol. The van der Waals surface area contributed by atoms with E-state index < -0.39 is 0 Å². The fourth-order valence-electron chi connectivity index (χ4n) is 5.12. The van der Waals surface area contributed by atoms with E-state index in [4.69, 9.17) is 4.74 Å². The van der Waals surface area contributed by atoms with Crippen LogP contribution in [0.2, 0.25) is 0 Å². The van der Waals surface area contributed by atoms with Crippen LogP contribution in [0.4, 0.5) is 0 Å². The van der Waals surface area contributed by atoms with Crippen LogP contribution in [0.3, 0.4) is 0 Å². The lowest BCUT2D eigenvalue weighted by atomic mass is 9.74. The van der Waals surface area contributed by atoms with Gasteiger partial charge < -0.3 is 19.4 Å². The van der Waals surface area contributed by atoms with E-state index in [1.165, 1.54) is 77.9 Å². The van der Waals surface area contributed by atoms with Gasteiger partial charge in [0.2, 0.25) is 0 Å². The van der Waals surface area contributed by atoms with Gasteiger partial charge in [-0.2, -0.15) is 0 Å². The fraction of sp³-hybridized carbons (Fsp3) is 1.00. The first-order valence-electron chi connectivity index (χ1n) is 9.88. The minimum atomic E-state index is 0.860. The number of fused-ring (bicyclic) bond motifs is 1. The van der Waals surface area contributed by atoms with Gasteiger partial charge in [0.15, 0.2) is 0 Å². The summed E-state index contributed by atoms with van der Waals surface area (Å²) in [6.45, 7) is 11.2. The number of likely N-dealkylation sites (tertiary alicyclic amines) is 2. The molecule has 0 unspecified atom stereocenters. The van der Waals surface area contributed by atoms with Crippen molar-refractivity contribution in [3.05, 3.63) is 0 Å². The molecule has 0 N–H and O–H groups in total. The van der Waals surface area contributed by atoms with Crippen LogP contribution in [0.25, 0.3) is 0 Å². The lowest BCUT2D eigenvalue weighted by Gasteiger charge is -2.35. The molecule has 3 atom stereocenters.